The van der Waals surface area contributed by atoms with Crippen molar-refractivity contribution in [2.45, 2.75) is 12.8 Å². The smallest absolute Gasteiger partial charge is 0.144 e. The van der Waals surface area contributed by atoms with Gasteiger partial charge in [0.25, 0.3) is 0 Å². The first-order valence-corrected chi connectivity index (χ1v) is 5.09. The molecule has 0 aromatic carbocycles. The van der Waals surface area contributed by atoms with Gasteiger partial charge in [-0.2, -0.15) is 0 Å². The number of hydrogen-bond donors (Lipinski definition) is 0. The van der Waals surface area contributed by atoms with E-state index in [1.165, 1.54) is 0 Å². The van der Waals surface area contributed by atoms with Crippen molar-refractivity contribution < 1.29 is 4.79 Å². The summed E-state index contributed by atoms with van der Waals surface area (Å²) in [5, 5.41) is 0. The van der Waals surface area contributed by atoms with Crippen molar-refractivity contribution in [2.24, 2.45) is 14.1 Å². The molecule has 0 radical (unpaired) electrons. The Bertz CT molecular complexity index is 453. The number of carbonyl (C=O) groups excluding carboxylic acids is 1. The molecule has 0 aliphatic heterocycles. The Balaban J connectivity index is 2.00. The minimum atomic E-state index is 0.173. The maximum Gasteiger partial charge on any atom is 0.144 e. The summed E-state index contributed by atoms with van der Waals surface area (Å²) in [6.07, 6.45) is 7.69. The molecule has 2 aromatic rings. The number of aromatic nitrogens is 4. The summed E-state index contributed by atoms with van der Waals surface area (Å²) in [5.74, 6) is 0.173. The van der Waals surface area contributed by atoms with Crippen LogP contribution in [0.1, 0.15) is 11.4 Å². The van der Waals surface area contributed by atoms with Crippen molar-refractivity contribution in [1.29, 1.82) is 0 Å². The Kier molecular flexibility index (Phi) is 2.85. The van der Waals surface area contributed by atoms with E-state index in [-0.39, 0.29) is 5.78 Å². The van der Waals surface area contributed by atoms with Gasteiger partial charge >= 0.3 is 0 Å². The Morgan fingerprint density at radius 3 is 1.81 bits per heavy atom. The van der Waals surface area contributed by atoms with E-state index in [0.29, 0.717) is 12.8 Å². The number of ketones is 1. The zero-order chi connectivity index (χ0) is 11.5. The van der Waals surface area contributed by atoms with E-state index in [4.69, 9.17) is 0 Å². The van der Waals surface area contributed by atoms with Gasteiger partial charge in [0.15, 0.2) is 0 Å². The van der Waals surface area contributed by atoms with Gasteiger partial charge in [0, 0.05) is 50.7 Å². The lowest BCUT2D eigenvalue weighted by Gasteiger charge is -2.02. The number of Topliss-reactive ketones (excluding diaryl/α,β-unsaturated/α-hetero) is 1. The Morgan fingerprint density at radius 1 is 1.06 bits per heavy atom. The summed E-state index contributed by atoms with van der Waals surface area (Å²) >= 11 is 0. The first-order valence-electron chi connectivity index (χ1n) is 5.09. The van der Waals surface area contributed by atoms with E-state index >= 15 is 0 Å². The molecule has 0 fully saturated rings. The van der Waals surface area contributed by atoms with Gasteiger partial charge in [0.05, 0.1) is 12.7 Å². The van der Waals surface area contributed by atoms with Gasteiger partial charge in [0.1, 0.15) is 5.78 Å². The quantitative estimate of drug-likeness (QED) is 0.751. The second-order valence-corrected chi connectivity index (χ2v) is 3.88. The van der Waals surface area contributed by atoms with Crippen LogP contribution < -0.4 is 0 Å². The first kappa shape index (κ1) is 10.6. The van der Waals surface area contributed by atoms with Gasteiger partial charge in [-0.15, -0.1) is 0 Å². The van der Waals surface area contributed by atoms with Crippen LogP contribution in [0, 0.1) is 0 Å². The molecule has 0 spiro atoms. The largest absolute Gasteiger partial charge is 0.337 e. The fraction of sp³-hybridized carbons (Fsp3) is 0.364. The van der Waals surface area contributed by atoms with Gasteiger partial charge in [-0.05, 0) is 0 Å². The molecule has 2 aromatic heterocycles. The minimum Gasteiger partial charge on any atom is -0.337 e. The van der Waals surface area contributed by atoms with Crippen LogP contribution in [-0.4, -0.2) is 24.9 Å². The van der Waals surface area contributed by atoms with E-state index < -0.39 is 0 Å². The summed E-state index contributed by atoms with van der Waals surface area (Å²) in [5.41, 5.74) is 1.87. The summed E-state index contributed by atoms with van der Waals surface area (Å²) < 4.78 is 3.72. The maximum atomic E-state index is 11.8. The highest BCUT2D eigenvalue weighted by atomic mass is 16.1. The van der Waals surface area contributed by atoms with Gasteiger partial charge in [-0.25, -0.2) is 9.97 Å². The molecule has 0 aliphatic carbocycles. The van der Waals surface area contributed by atoms with Gasteiger partial charge in [0.2, 0.25) is 0 Å². The molecular weight excluding hydrogens is 204 g/mol. The first-order chi connectivity index (χ1) is 7.66. The molecule has 84 valence electrons. The number of imidazole rings is 2. The Hall–Kier alpha value is -1.91. The van der Waals surface area contributed by atoms with Crippen LogP contribution in [0.3, 0.4) is 0 Å². The van der Waals surface area contributed by atoms with E-state index in [9.17, 15) is 4.79 Å². The van der Waals surface area contributed by atoms with Gasteiger partial charge in [-0.3, -0.25) is 4.79 Å². The molecule has 0 unspecified atom stereocenters. The van der Waals surface area contributed by atoms with Crippen LogP contribution in [0.2, 0.25) is 0 Å². The lowest BCUT2D eigenvalue weighted by atomic mass is 10.1. The number of nitrogens with zero attached hydrogens (tertiary/aromatic N) is 4. The van der Waals surface area contributed by atoms with Crippen LogP contribution in [0.4, 0.5) is 0 Å². The molecule has 2 rings (SSSR count). The molecule has 0 atom stereocenters. The molecule has 0 saturated heterocycles. The van der Waals surface area contributed by atoms with Crippen molar-refractivity contribution in [1.82, 2.24) is 19.1 Å². The van der Waals surface area contributed by atoms with Crippen LogP contribution in [0.15, 0.2) is 25.0 Å². The minimum absolute atomic E-state index is 0.173. The summed E-state index contributed by atoms with van der Waals surface area (Å²) in [6, 6.07) is 0. The second kappa shape index (κ2) is 4.30. The van der Waals surface area contributed by atoms with Crippen LogP contribution in [0.5, 0.6) is 0 Å². The monoisotopic (exact) mass is 218 g/mol. The summed E-state index contributed by atoms with van der Waals surface area (Å²) in [6.45, 7) is 0. The van der Waals surface area contributed by atoms with Crippen molar-refractivity contribution in [3.8, 4) is 0 Å². The van der Waals surface area contributed by atoms with Crippen molar-refractivity contribution in [2.75, 3.05) is 0 Å². The summed E-state index contributed by atoms with van der Waals surface area (Å²) in [4.78, 5) is 19.8. The third-order valence-electron chi connectivity index (χ3n) is 2.59. The predicted octanol–water partition coefficient (Wildman–Crippen LogP) is 0.508. The Morgan fingerprint density at radius 2 is 1.50 bits per heavy atom. The fourth-order valence-electron chi connectivity index (χ4n) is 1.58. The zero-order valence-electron chi connectivity index (χ0n) is 9.42. The average molecular weight is 218 g/mol. The highest BCUT2D eigenvalue weighted by Crippen LogP contribution is 2.03. The highest BCUT2D eigenvalue weighted by molar-refractivity contribution is 5.82. The van der Waals surface area contributed by atoms with Crippen LogP contribution >= 0.6 is 0 Å². The van der Waals surface area contributed by atoms with E-state index in [1.807, 2.05) is 23.2 Å². The highest BCUT2D eigenvalue weighted by Gasteiger charge is 2.09. The lowest BCUT2D eigenvalue weighted by Crippen LogP contribution is -2.11. The topological polar surface area (TPSA) is 52.7 Å². The SMILES string of the molecule is Cn1cncc1CC(=O)Cc1cncn1C. The second-order valence-electron chi connectivity index (χ2n) is 3.88. The zero-order valence-corrected chi connectivity index (χ0v) is 9.42. The number of aryl methyl sites for hydroxylation is 2. The average Bonchev–Trinajstić information content (AvgIpc) is 2.79. The predicted molar refractivity (Wildman–Crippen MR) is 58.8 cm³/mol. The number of hydrogen-bond acceptors (Lipinski definition) is 3. The lowest BCUT2D eigenvalue weighted by molar-refractivity contribution is -0.118. The molecule has 5 heteroatoms. The van der Waals surface area contributed by atoms with Crippen molar-refractivity contribution >= 4 is 5.78 Å². The molecule has 0 bridgehead atoms. The summed E-state index contributed by atoms with van der Waals surface area (Å²) in [7, 11) is 3.78. The molecule has 16 heavy (non-hydrogen) atoms. The van der Waals surface area contributed by atoms with E-state index in [2.05, 4.69) is 9.97 Å². The van der Waals surface area contributed by atoms with E-state index in [1.54, 1.807) is 25.0 Å². The van der Waals surface area contributed by atoms with Crippen LogP contribution in [0.25, 0.3) is 0 Å². The molecule has 0 saturated carbocycles. The molecule has 0 amide bonds. The van der Waals surface area contributed by atoms with Crippen LogP contribution in [-0.2, 0) is 31.7 Å². The molecule has 2 heterocycles. The van der Waals surface area contributed by atoms with Gasteiger partial charge in [-0.1, -0.05) is 0 Å². The van der Waals surface area contributed by atoms with Crippen molar-refractivity contribution in [3.05, 3.63) is 36.4 Å². The molecule has 0 N–H and O–H groups in total. The molecule has 5 nitrogen and oxygen atoms in total. The normalized spacial score (nSPS) is 10.6. The number of carbonyl (C=O) groups is 1. The molecule has 0 aliphatic rings. The van der Waals surface area contributed by atoms with Crippen molar-refractivity contribution in [3.63, 3.8) is 0 Å². The third kappa shape index (κ3) is 2.18. The van der Waals surface area contributed by atoms with Gasteiger partial charge < -0.3 is 9.13 Å². The number of rotatable bonds is 4. The molecular formula is C11H14N4O. The standard InChI is InChI=1S/C11H14N4O/c1-14-7-12-5-9(14)3-11(16)4-10-6-13-8-15(10)2/h5-8H,3-4H2,1-2H3. The van der Waals surface area contributed by atoms with E-state index in [0.717, 1.165) is 11.4 Å². The Labute approximate surface area is 93.8 Å². The maximum absolute atomic E-state index is 11.8. The third-order valence-corrected chi connectivity index (χ3v) is 2.59. The fourth-order valence-corrected chi connectivity index (χ4v) is 1.58.